The number of nitrogens with one attached hydrogen (secondary N) is 1. The lowest BCUT2D eigenvalue weighted by molar-refractivity contribution is -0.138. The molecule has 0 aliphatic heterocycles. The number of aryl methyl sites for hydroxylation is 1. The quantitative estimate of drug-likeness (QED) is 0.935. The minimum atomic E-state index is -4.68. The first-order valence-corrected chi connectivity index (χ1v) is 7.01. The van der Waals surface area contributed by atoms with Crippen LogP contribution in [0.3, 0.4) is 0 Å². The van der Waals surface area contributed by atoms with Gasteiger partial charge in [0.25, 0.3) is 10.0 Å². The summed E-state index contributed by atoms with van der Waals surface area (Å²) in [5, 5.41) is 0. The van der Waals surface area contributed by atoms with Gasteiger partial charge in [0.15, 0.2) is 0 Å². The summed E-state index contributed by atoms with van der Waals surface area (Å²) in [7, 11) is -4.22. The predicted molar refractivity (Wildman–Crippen MR) is 66.8 cm³/mol. The molecule has 0 bridgehead atoms. The van der Waals surface area contributed by atoms with Crippen LogP contribution in [-0.4, -0.2) is 23.4 Å². The van der Waals surface area contributed by atoms with E-state index in [2.05, 4.69) is 15.0 Å². The first-order chi connectivity index (χ1) is 9.70. The molecule has 112 valence electrons. The first kappa shape index (κ1) is 15.2. The number of hydrogen-bond donors (Lipinski definition) is 1. The lowest BCUT2D eigenvalue weighted by Crippen LogP contribution is -2.17. The van der Waals surface area contributed by atoms with E-state index >= 15 is 0 Å². The molecular formula is C11H9F3N4O2S. The van der Waals surface area contributed by atoms with Gasteiger partial charge in [0, 0.05) is 18.1 Å². The molecule has 0 unspecified atom stereocenters. The van der Waals surface area contributed by atoms with E-state index in [0.717, 1.165) is 19.4 Å². The molecule has 2 aromatic heterocycles. The van der Waals surface area contributed by atoms with Crippen LogP contribution in [0.2, 0.25) is 0 Å². The Labute approximate surface area is 118 Å². The van der Waals surface area contributed by atoms with Crippen molar-refractivity contribution in [3.8, 4) is 0 Å². The lowest BCUT2D eigenvalue weighted by Gasteiger charge is -2.12. The zero-order chi connectivity index (χ0) is 15.7. The second-order valence-electron chi connectivity index (χ2n) is 4.00. The lowest BCUT2D eigenvalue weighted by atomic mass is 10.2. The largest absolute Gasteiger partial charge is 0.418 e. The number of hydrogen-bond acceptors (Lipinski definition) is 5. The maximum absolute atomic E-state index is 12.8. The molecule has 0 saturated heterocycles. The Balaban J connectivity index is 2.42. The van der Waals surface area contributed by atoms with Crippen molar-refractivity contribution in [2.45, 2.75) is 18.0 Å². The number of anilines is 1. The van der Waals surface area contributed by atoms with Crippen LogP contribution in [0.25, 0.3) is 0 Å². The third-order valence-electron chi connectivity index (χ3n) is 2.50. The molecule has 0 aromatic carbocycles. The average molecular weight is 318 g/mol. The Bertz CT molecular complexity index is 748. The summed E-state index contributed by atoms with van der Waals surface area (Å²) in [6.07, 6.45) is -1.43. The number of halogens is 3. The van der Waals surface area contributed by atoms with Gasteiger partial charge in [-0.3, -0.25) is 9.71 Å². The summed E-state index contributed by atoms with van der Waals surface area (Å²) in [6.45, 7) is 1.15. The van der Waals surface area contributed by atoms with E-state index in [0.29, 0.717) is 6.07 Å². The van der Waals surface area contributed by atoms with Crippen LogP contribution >= 0.6 is 0 Å². The van der Waals surface area contributed by atoms with Crippen LogP contribution in [0.4, 0.5) is 19.0 Å². The Morgan fingerprint density at radius 1 is 1.24 bits per heavy atom. The third-order valence-corrected chi connectivity index (χ3v) is 3.82. The van der Waals surface area contributed by atoms with Crippen LogP contribution in [0.5, 0.6) is 0 Å². The molecule has 0 amide bonds. The second-order valence-corrected chi connectivity index (χ2v) is 5.68. The van der Waals surface area contributed by atoms with Crippen molar-refractivity contribution in [3.63, 3.8) is 0 Å². The number of pyridine rings is 1. The molecule has 0 aliphatic carbocycles. The maximum atomic E-state index is 12.8. The minimum absolute atomic E-state index is 0.0564. The summed E-state index contributed by atoms with van der Waals surface area (Å²) in [4.78, 5) is 10.1. The number of aromatic nitrogens is 3. The Morgan fingerprint density at radius 2 is 1.95 bits per heavy atom. The highest BCUT2D eigenvalue weighted by Crippen LogP contribution is 2.32. The van der Waals surface area contributed by atoms with Gasteiger partial charge in [0.2, 0.25) is 0 Å². The summed E-state index contributed by atoms with van der Waals surface area (Å²) in [5.74, 6) is -0.0564. The van der Waals surface area contributed by atoms with Crippen LogP contribution < -0.4 is 4.72 Å². The van der Waals surface area contributed by atoms with Crippen molar-refractivity contribution in [3.05, 3.63) is 42.1 Å². The molecule has 2 rings (SSSR count). The van der Waals surface area contributed by atoms with Crippen molar-refractivity contribution in [1.29, 1.82) is 0 Å². The highest BCUT2D eigenvalue weighted by molar-refractivity contribution is 7.92. The van der Waals surface area contributed by atoms with E-state index in [4.69, 9.17) is 0 Å². The van der Waals surface area contributed by atoms with E-state index in [1.165, 1.54) is 12.3 Å². The molecule has 0 spiro atoms. The molecule has 0 fully saturated rings. The molecular weight excluding hydrogens is 309 g/mol. The smallest absolute Gasteiger partial charge is 0.263 e. The van der Waals surface area contributed by atoms with Crippen LogP contribution in [0, 0.1) is 6.92 Å². The van der Waals surface area contributed by atoms with Crippen molar-refractivity contribution in [2.75, 3.05) is 4.72 Å². The van der Waals surface area contributed by atoms with Gasteiger partial charge in [0.1, 0.15) is 17.0 Å². The maximum Gasteiger partial charge on any atom is 0.418 e. The first-order valence-electron chi connectivity index (χ1n) is 5.53. The third kappa shape index (κ3) is 3.45. The number of sulfonamides is 1. The fraction of sp³-hybridized carbons (Fsp3) is 0.182. The van der Waals surface area contributed by atoms with Gasteiger partial charge in [-0.25, -0.2) is 18.4 Å². The summed E-state index contributed by atoms with van der Waals surface area (Å²) < 4.78 is 64.4. The van der Waals surface area contributed by atoms with Gasteiger partial charge in [-0.15, -0.1) is 0 Å². The van der Waals surface area contributed by atoms with Gasteiger partial charge >= 0.3 is 6.18 Å². The Kier molecular flexibility index (Phi) is 3.81. The van der Waals surface area contributed by atoms with Crippen LogP contribution in [0.15, 0.2) is 35.7 Å². The van der Waals surface area contributed by atoms with Crippen LogP contribution in [-0.2, 0) is 16.2 Å². The zero-order valence-electron chi connectivity index (χ0n) is 10.6. The second kappa shape index (κ2) is 5.28. The van der Waals surface area contributed by atoms with E-state index in [9.17, 15) is 21.6 Å². The van der Waals surface area contributed by atoms with E-state index < -0.39 is 26.7 Å². The highest BCUT2D eigenvalue weighted by Gasteiger charge is 2.34. The molecule has 0 radical (unpaired) electrons. The van der Waals surface area contributed by atoms with E-state index in [1.54, 1.807) is 0 Å². The van der Waals surface area contributed by atoms with Crippen molar-refractivity contribution in [2.24, 2.45) is 0 Å². The summed E-state index contributed by atoms with van der Waals surface area (Å²) >= 11 is 0. The monoisotopic (exact) mass is 318 g/mol. The molecule has 2 heterocycles. The van der Waals surface area contributed by atoms with Gasteiger partial charge < -0.3 is 0 Å². The highest BCUT2D eigenvalue weighted by atomic mass is 32.2. The van der Waals surface area contributed by atoms with E-state index in [1.807, 2.05) is 4.72 Å². The standard InChI is InChI=1S/C11H9F3N4O2S/c1-7-9(11(12,13)14)4-8(5-16-7)21(19,20)18-10-2-3-15-6-17-10/h2-6H,1H3,(H,15,17,18). The van der Waals surface area contributed by atoms with Gasteiger partial charge in [-0.1, -0.05) is 0 Å². The SMILES string of the molecule is Cc1ncc(S(=O)(=O)Nc2ccncn2)cc1C(F)(F)F. The van der Waals surface area contributed by atoms with Crippen molar-refractivity contribution in [1.82, 2.24) is 15.0 Å². The molecule has 21 heavy (non-hydrogen) atoms. The van der Waals surface area contributed by atoms with Gasteiger partial charge in [-0.05, 0) is 19.1 Å². The van der Waals surface area contributed by atoms with Gasteiger partial charge in [0.05, 0.1) is 5.56 Å². The average Bonchev–Trinajstić information content (AvgIpc) is 2.38. The topological polar surface area (TPSA) is 84.8 Å². The molecule has 0 saturated carbocycles. The number of nitrogens with zero attached hydrogens (tertiary/aromatic N) is 3. The van der Waals surface area contributed by atoms with Crippen molar-refractivity contribution < 1.29 is 21.6 Å². The molecule has 0 aliphatic rings. The Morgan fingerprint density at radius 3 is 2.52 bits per heavy atom. The summed E-state index contributed by atoms with van der Waals surface area (Å²) in [6, 6.07) is 1.80. The fourth-order valence-electron chi connectivity index (χ4n) is 1.50. The molecule has 0 atom stereocenters. The zero-order valence-corrected chi connectivity index (χ0v) is 11.4. The fourth-order valence-corrected chi connectivity index (χ4v) is 2.47. The molecule has 1 N–H and O–H groups in total. The molecule has 2 aromatic rings. The summed E-state index contributed by atoms with van der Waals surface area (Å²) in [5.41, 5.74) is -1.41. The molecule has 10 heteroatoms. The van der Waals surface area contributed by atoms with Gasteiger partial charge in [-0.2, -0.15) is 13.2 Å². The van der Waals surface area contributed by atoms with E-state index in [-0.39, 0.29) is 11.5 Å². The molecule has 6 nitrogen and oxygen atoms in total. The minimum Gasteiger partial charge on any atom is -0.263 e. The van der Waals surface area contributed by atoms with Crippen LogP contribution in [0.1, 0.15) is 11.3 Å². The normalized spacial score (nSPS) is 12.2. The Hall–Kier alpha value is -2.23. The number of rotatable bonds is 3. The predicted octanol–water partition coefficient (Wildman–Crippen LogP) is 2.00. The van der Waals surface area contributed by atoms with Crippen molar-refractivity contribution >= 4 is 15.8 Å². The number of alkyl halides is 3.